The highest BCUT2D eigenvalue weighted by Gasteiger charge is 2.22. The SMILES string of the molecule is CC1CC(Nc2cc(C(=O)O)cc(C(C)(C)C)n2)CCO1. The van der Waals surface area contributed by atoms with Crippen LogP contribution in [0.3, 0.4) is 0 Å². The van der Waals surface area contributed by atoms with Gasteiger partial charge in [0.1, 0.15) is 5.82 Å². The molecule has 2 rings (SSSR count). The van der Waals surface area contributed by atoms with Crippen molar-refractivity contribution in [2.24, 2.45) is 0 Å². The van der Waals surface area contributed by atoms with Crippen LogP contribution >= 0.6 is 0 Å². The molecule has 0 radical (unpaired) electrons. The highest BCUT2D eigenvalue weighted by Crippen LogP contribution is 2.25. The topological polar surface area (TPSA) is 71.5 Å². The van der Waals surface area contributed by atoms with E-state index in [0.29, 0.717) is 5.82 Å². The van der Waals surface area contributed by atoms with Crippen molar-refractivity contribution in [1.82, 2.24) is 4.98 Å². The predicted molar refractivity (Wildman–Crippen MR) is 82.0 cm³/mol. The van der Waals surface area contributed by atoms with Gasteiger partial charge in [-0.05, 0) is 31.9 Å². The average molecular weight is 292 g/mol. The van der Waals surface area contributed by atoms with Gasteiger partial charge in [0, 0.05) is 23.8 Å². The fourth-order valence-electron chi connectivity index (χ4n) is 2.45. The lowest BCUT2D eigenvalue weighted by molar-refractivity contribution is 0.0231. The van der Waals surface area contributed by atoms with Gasteiger partial charge >= 0.3 is 5.97 Å². The van der Waals surface area contributed by atoms with Crippen LogP contribution in [0.1, 0.15) is 56.6 Å². The Morgan fingerprint density at radius 3 is 2.71 bits per heavy atom. The second kappa shape index (κ2) is 6.02. The van der Waals surface area contributed by atoms with Crippen molar-refractivity contribution < 1.29 is 14.6 Å². The van der Waals surface area contributed by atoms with E-state index in [1.54, 1.807) is 12.1 Å². The van der Waals surface area contributed by atoms with Gasteiger partial charge in [0.15, 0.2) is 0 Å². The predicted octanol–water partition coefficient (Wildman–Crippen LogP) is 3.06. The maximum Gasteiger partial charge on any atom is 0.335 e. The maximum atomic E-state index is 11.3. The summed E-state index contributed by atoms with van der Waals surface area (Å²) in [6, 6.07) is 3.54. The van der Waals surface area contributed by atoms with E-state index in [1.807, 2.05) is 20.8 Å². The molecular weight excluding hydrogens is 268 g/mol. The van der Waals surface area contributed by atoms with Gasteiger partial charge in [0.2, 0.25) is 0 Å². The molecule has 2 heterocycles. The summed E-state index contributed by atoms with van der Waals surface area (Å²) in [6.45, 7) is 8.86. The second-order valence-electron chi connectivity index (χ2n) is 6.73. The second-order valence-corrected chi connectivity index (χ2v) is 6.73. The number of carbonyl (C=O) groups is 1. The molecule has 2 atom stereocenters. The third-order valence-electron chi connectivity index (χ3n) is 3.68. The van der Waals surface area contributed by atoms with Gasteiger partial charge in [-0.1, -0.05) is 20.8 Å². The summed E-state index contributed by atoms with van der Waals surface area (Å²) >= 11 is 0. The van der Waals surface area contributed by atoms with Crippen molar-refractivity contribution in [3.05, 3.63) is 23.4 Å². The molecule has 5 heteroatoms. The third-order valence-corrected chi connectivity index (χ3v) is 3.68. The van der Waals surface area contributed by atoms with Crippen LogP contribution in [-0.2, 0) is 10.2 Å². The summed E-state index contributed by atoms with van der Waals surface area (Å²) in [6.07, 6.45) is 2.04. The first-order valence-electron chi connectivity index (χ1n) is 7.39. The molecule has 0 spiro atoms. The average Bonchev–Trinajstić information content (AvgIpc) is 2.37. The van der Waals surface area contributed by atoms with E-state index in [0.717, 1.165) is 25.1 Å². The normalized spacial score (nSPS) is 22.9. The fourth-order valence-corrected chi connectivity index (χ4v) is 2.45. The molecule has 2 unspecified atom stereocenters. The van der Waals surface area contributed by atoms with E-state index in [2.05, 4.69) is 17.2 Å². The maximum absolute atomic E-state index is 11.3. The van der Waals surface area contributed by atoms with Crippen molar-refractivity contribution in [2.45, 2.75) is 58.1 Å². The zero-order chi connectivity index (χ0) is 15.6. The minimum absolute atomic E-state index is 0.190. The number of aromatic nitrogens is 1. The van der Waals surface area contributed by atoms with E-state index in [4.69, 9.17) is 4.74 Å². The van der Waals surface area contributed by atoms with E-state index >= 15 is 0 Å². The molecule has 0 amide bonds. The minimum Gasteiger partial charge on any atom is -0.478 e. The number of hydrogen-bond acceptors (Lipinski definition) is 4. The van der Waals surface area contributed by atoms with Crippen LogP contribution in [0, 0.1) is 0 Å². The van der Waals surface area contributed by atoms with Crippen molar-refractivity contribution in [3.63, 3.8) is 0 Å². The highest BCUT2D eigenvalue weighted by molar-refractivity contribution is 5.88. The molecule has 1 aromatic rings. The Balaban J connectivity index is 2.25. The van der Waals surface area contributed by atoms with Crippen LogP contribution in [0.5, 0.6) is 0 Å². The Bertz CT molecular complexity index is 523. The molecule has 0 bridgehead atoms. The van der Waals surface area contributed by atoms with E-state index < -0.39 is 5.97 Å². The molecule has 1 aromatic heterocycles. The molecule has 1 fully saturated rings. The van der Waals surface area contributed by atoms with E-state index in [1.165, 1.54) is 0 Å². The number of carboxylic acid groups (broad SMARTS) is 1. The first kappa shape index (κ1) is 15.8. The van der Waals surface area contributed by atoms with Crippen molar-refractivity contribution in [3.8, 4) is 0 Å². The molecule has 5 nitrogen and oxygen atoms in total. The number of ether oxygens (including phenoxy) is 1. The molecular formula is C16H24N2O3. The molecule has 1 aliphatic rings. The van der Waals surface area contributed by atoms with Crippen LogP contribution in [0.2, 0.25) is 0 Å². The zero-order valence-electron chi connectivity index (χ0n) is 13.1. The summed E-state index contributed by atoms with van der Waals surface area (Å²) in [5.41, 5.74) is 0.868. The summed E-state index contributed by atoms with van der Waals surface area (Å²) in [5, 5.41) is 12.6. The standard InChI is InChI=1S/C16H24N2O3/c1-10-7-12(5-6-21-10)17-14-9-11(15(19)20)8-13(18-14)16(2,3)4/h8-10,12H,5-7H2,1-4H3,(H,17,18)(H,19,20). The lowest BCUT2D eigenvalue weighted by Crippen LogP contribution is -2.33. The minimum atomic E-state index is -0.925. The van der Waals surface area contributed by atoms with Gasteiger partial charge in [-0.25, -0.2) is 9.78 Å². The molecule has 2 N–H and O–H groups in total. The summed E-state index contributed by atoms with van der Waals surface area (Å²) in [5.74, 6) is -0.287. The van der Waals surface area contributed by atoms with Gasteiger partial charge in [-0.15, -0.1) is 0 Å². The summed E-state index contributed by atoms with van der Waals surface area (Å²) in [7, 11) is 0. The Morgan fingerprint density at radius 1 is 1.43 bits per heavy atom. The van der Waals surface area contributed by atoms with E-state index in [-0.39, 0.29) is 23.1 Å². The van der Waals surface area contributed by atoms with Gasteiger partial charge in [0.05, 0.1) is 11.7 Å². The Labute approximate surface area is 125 Å². The monoisotopic (exact) mass is 292 g/mol. The number of rotatable bonds is 3. The molecule has 116 valence electrons. The lowest BCUT2D eigenvalue weighted by atomic mass is 9.90. The van der Waals surface area contributed by atoms with Crippen molar-refractivity contribution >= 4 is 11.8 Å². The first-order valence-corrected chi connectivity index (χ1v) is 7.39. The number of nitrogens with zero attached hydrogens (tertiary/aromatic N) is 1. The van der Waals surface area contributed by atoms with Crippen LogP contribution < -0.4 is 5.32 Å². The summed E-state index contributed by atoms with van der Waals surface area (Å²) < 4.78 is 5.53. The molecule has 1 aliphatic heterocycles. The number of nitrogens with one attached hydrogen (secondary N) is 1. The number of anilines is 1. The molecule has 0 aromatic carbocycles. The lowest BCUT2D eigenvalue weighted by Gasteiger charge is -2.29. The molecule has 0 aliphatic carbocycles. The number of aromatic carboxylic acids is 1. The van der Waals surface area contributed by atoms with Crippen LogP contribution in [-0.4, -0.2) is 34.8 Å². The molecule has 0 saturated carbocycles. The smallest absolute Gasteiger partial charge is 0.335 e. The van der Waals surface area contributed by atoms with Gasteiger partial charge in [-0.2, -0.15) is 0 Å². The molecule has 1 saturated heterocycles. The van der Waals surface area contributed by atoms with Crippen LogP contribution in [0.25, 0.3) is 0 Å². The quantitative estimate of drug-likeness (QED) is 0.896. The number of pyridine rings is 1. The number of carboxylic acids is 1. The highest BCUT2D eigenvalue weighted by atomic mass is 16.5. The number of hydrogen-bond donors (Lipinski definition) is 2. The van der Waals surface area contributed by atoms with E-state index in [9.17, 15) is 9.90 Å². The Kier molecular flexibility index (Phi) is 4.52. The first-order chi connectivity index (χ1) is 9.75. The van der Waals surface area contributed by atoms with Crippen molar-refractivity contribution in [2.75, 3.05) is 11.9 Å². The zero-order valence-corrected chi connectivity index (χ0v) is 13.1. The third kappa shape index (κ3) is 4.17. The Morgan fingerprint density at radius 2 is 2.14 bits per heavy atom. The van der Waals surface area contributed by atoms with Crippen LogP contribution in [0.4, 0.5) is 5.82 Å². The summed E-state index contributed by atoms with van der Waals surface area (Å²) in [4.78, 5) is 15.9. The fraction of sp³-hybridized carbons (Fsp3) is 0.625. The van der Waals surface area contributed by atoms with Gasteiger partial charge in [-0.3, -0.25) is 0 Å². The van der Waals surface area contributed by atoms with Crippen LogP contribution in [0.15, 0.2) is 12.1 Å². The largest absolute Gasteiger partial charge is 0.478 e. The van der Waals surface area contributed by atoms with Gasteiger partial charge in [0.25, 0.3) is 0 Å². The molecule has 21 heavy (non-hydrogen) atoms. The van der Waals surface area contributed by atoms with Crippen molar-refractivity contribution in [1.29, 1.82) is 0 Å². The van der Waals surface area contributed by atoms with Gasteiger partial charge < -0.3 is 15.2 Å². The Hall–Kier alpha value is -1.62.